The van der Waals surface area contributed by atoms with Gasteiger partial charge < -0.3 is 10.1 Å². The molecule has 3 heteroatoms. The molecular formula is C16H26N2O. The van der Waals surface area contributed by atoms with E-state index in [4.69, 9.17) is 4.74 Å². The third-order valence-electron chi connectivity index (χ3n) is 3.97. The van der Waals surface area contributed by atoms with Crippen LogP contribution in [0.4, 0.5) is 0 Å². The lowest BCUT2D eigenvalue weighted by molar-refractivity contribution is 0.0875. The maximum Gasteiger partial charge on any atom is 0.0659 e. The average Bonchev–Trinajstić information content (AvgIpc) is 2.96. The van der Waals surface area contributed by atoms with E-state index in [0.29, 0.717) is 12.1 Å². The molecule has 2 unspecified atom stereocenters. The van der Waals surface area contributed by atoms with Crippen molar-refractivity contribution in [3.8, 4) is 0 Å². The molecule has 0 radical (unpaired) electrons. The number of methoxy groups -OCH3 is 1. The fourth-order valence-corrected chi connectivity index (χ4v) is 2.92. The second-order valence-electron chi connectivity index (χ2n) is 5.26. The minimum absolute atomic E-state index is 0.360. The summed E-state index contributed by atoms with van der Waals surface area (Å²) in [5.41, 5.74) is 1.35. The molecular weight excluding hydrogens is 236 g/mol. The lowest BCUT2D eigenvalue weighted by Gasteiger charge is -2.32. The number of rotatable bonds is 7. The van der Waals surface area contributed by atoms with E-state index in [1.54, 1.807) is 7.11 Å². The Balaban J connectivity index is 2.06. The summed E-state index contributed by atoms with van der Waals surface area (Å²) >= 11 is 0. The molecule has 1 aliphatic rings. The van der Waals surface area contributed by atoms with Gasteiger partial charge in [0.15, 0.2) is 0 Å². The molecule has 0 aromatic heterocycles. The molecule has 1 saturated heterocycles. The summed E-state index contributed by atoms with van der Waals surface area (Å²) in [6.07, 6.45) is 2.60. The van der Waals surface area contributed by atoms with Crippen LogP contribution in [-0.4, -0.2) is 44.3 Å². The van der Waals surface area contributed by atoms with Crippen molar-refractivity contribution in [1.82, 2.24) is 10.2 Å². The van der Waals surface area contributed by atoms with Crippen molar-refractivity contribution < 1.29 is 4.74 Å². The zero-order chi connectivity index (χ0) is 13.5. The van der Waals surface area contributed by atoms with E-state index < -0.39 is 0 Å². The van der Waals surface area contributed by atoms with Crippen LogP contribution < -0.4 is 5.32 Å². The van der Waals surface area contributed by atoms with Crippen molar-refractivity contribution in [2.75, 3.05) is 33.4 Å². The molecule has 1 fully saturated rings. The topological polar surface area (TPSA) is 24.5 Å². The van der Waals surface area contributed by atoms with Crippen LogP contribution in [0.2, 0.25) is 0 Å². The maximum absolute atomic E-state index is 5.44. The molecule has 0 spiro atoms. The van der Waals surface area contributed by atoms with Crippen molar-refractivity contribution in [3.05, 3.63) is 35.9 Å². The Hall–Kier alpha value is -0.900. The molecule has 1 aromatic carbocycles. The van der Waals surface area contributed by atoms with E-state index in [0.717, 1.165) is 19.7 Å². The lowest BCUT2D eigenvalue weighted by Crippen LogP contribution is -2.41. The molecule has 2 atom stereocenters. The number of nitrogens with zero attached hydrogens (tertiary/aromatic N) is 1. The van der Waals surface area contributed by atoms with Crippen molar-refractivity contribution >= 4 is 0 Å². The molecule has 1 heterocycles. The number of hydrogen-bond donors (Lipinski definition) is 1. The Morgan fingerprint density at radius 1 is 1.37 bits per heavy atom. The molecule has 3 nitrogen and oxygen atoms in total. The van der Waals surface area contributed by atoms with E-state index >= 15 is 0 Å². The number of likely N-dealkylation sites (N-methyl/N-ethyl adjacent to an activating group) is 1. The minimum atomic E-state index is 0.360. The Morgan fingerprint density at radius 3 is 2.74 bits per heavy atom. The summed E-state index contributed by atoms with van der Waals surface area (Å²) in [6.45, 7) is 6.33. The summed E-state index contributed by atoms with van der Waals surface area (Å²) in [7, 11) is 1.79. The predicted octanol–water partition coefficient (Wildman–Crippen LogP) is 2.45. The number of hydrogen-bond acceptors (Lipinski definition) is 3. The lowest BCUT2D eigenvalue weighted by atomic mass is 10.0. The van der Waals surface area contributed by atoms with Gasteiger partial charge in [-0.3, -0.25) is 4.90 Å². The Morgan fingerprint density at radius 2 is 2.16 bits per heavy atom. The van der Waals surface area contributed by atoms with Gasteiger partial charge >= 0.3 is 0 Å². The zero-order valence-corrected chi connectivity index (χ0v) is 12.1. The summed E-state index contributed by atoms with van der Waals surface area (Å²) < 4.78 is 5.44. The first-order chi connectivity index (χ1) is 9.35. The maximum atomic E-state index is 5.44. The Kier molecular flexibility index (Phi) is 5.83. The molecule has 0 aliphatic carbocycles. The van der Waals surface area contributed by atoms with Gasteiger partial charge in [0.05, 0.1) is 12.6 Å². The Bertz CT molecular complexity index is 349. The number of benzene rings is 1. The highest BCUT2D eigenvalue weighted by molar-refractivity contribution is 5.19. The second kappa shape index (κ2) is 7.63. The highest BCUT2D eigenvalue weighted by atomic mass is 16.5. The normalized spacial score (nSPS) is 20.9. The van der Waals surface area contributed by atoms with E-state index in [1.165, 1.54) is 24.9 Å². The van der Waals surface area contributed by atoms with Gasteiger partial charge in [0, 0.05) is 19.7 Å². The van der Waals surface area contributed by atoms with Crippen LogP contribution in [-0.2, 0) is 4.74 Å². The first-order valence-electron chi connectivity index (χ1n) is 7.36. The quantitative estimate of drug-likeness (QED) is 0.817. The molecule has 19 heavy (non-hydrogen) atoms. The third kappa shape index (κ3) is 4.03. The van der Waals surface area contributed by atoms with Crippen LogP contribution in [0.1, 0.15) is 31.4 Å². The second-order valence-corrected chi connectivity index (χ2v) is 5.26. The van der Waals surface area contributed by atoms with Crippen LogP contribution in [0.5, 0.6) is 0 Å². The van der Waals surface area contributed by atoms with Gasteiger partial charge in [-0.1, -0.05) is 37.3 Å². The van der Waals surface area contributed by atoms with Gasteiger partial charge in [0.1, 0.15) is 0 Å². The van der Waals surface area contributed by atoms with E-state index in [1.807, 2.05) is 0 Å². The van der Waals surface area contributed by atoms with Crippen molar-refractivity contribution in [2.24, 2.45) is 0 Å². The highest BCUT2D eigenvalue weighted by Crippen LogP contribution is 2.22. The predicted molar refractivity (Wildman–Crippen MR) is 79.3 cm³/mol. The van der Waals surface area contributed by atoms with E-state index in [2.05, 4.69) is 47.5 Å². The van der Waals surface area contributed by atoms with Gasteiger partial charge in [-0.25, -0.2) is 0 Å². The largest absolute Gasteiger partial charge is 0.383 e. The molecule has 1 N–H and O–H groups in total. The van der Waals surface area contributed by atoms with Crippen LogP contribution in [0, 0.1) is 0 Å². The molecule has 0 bridgehead atoms. The van der Waals surface area contributed by atoms with Gasteiger partial charge in [0.25, 0.3) is 0 Å². The fourth-order valence-electron chi connectivity index (χ4n) is 2.92. The van der Waals surface area contributed by atoms with Crippen LogP contribution in [0.25, 0.3) is 0 Å². The average molecular weight is 262 g/mol. The number of nitrogens with one attached hydrogen (secondary N) is 1. The van der Waals surface area contributed by atoms with Crippen molar-refractivity contribution in [1.29, 1.82) is 0 Å². The van der Waals surface area contributed by atoms with Gasteiger partial charge in [-0.05, 0) is 31.5 Å². The van der Waals surface area contributed by atoms with Crippen molar-refractivity contribution in [2.45, 2.75) is 31.8 Å². The third-order valence-corrected chi connectivity index (χ3v) is 3.97. The van der Waals surface area contributed by atoms with Crippen LogP contribution in [0.3, 0.4) is 0 Å². The summed E-state index contributed by atoms with van der Waals surface area (Å²) in [5, 5.41) is 3.59. The molecule has 106 valence electrons. The van der Waals surface area contributed by atoms with E-state index in [9.17, 15) is 0 Å². The monoisotopic (exact) mass is 262 g/mol. The van der Waals surface area contributed by atoms with Gasteiger partial charge in [-0.15, -0.1) is 0 Å². The van der Waals surface area contributed by atoms with Crippen LogP contribution >= 0.6 is 0 Å². The first kappa shape index (κ1) is 14.5. The molecule has 0 amide bonds. The molecule has 1 aromatic rings. The Labute approximate surface area is 116 Å². The zero-order valence-electron chi connectivity index (χ0n) is 12.1. The van der Waals surface area contributed by atoms with E-state index in [-0.39, 0.29) is 0 Å². The fraction of sp³-hybridized carbons (Fsp3) is 0.625. The number of ether oxygens (including phenoxy) is 1. The smallest absolute Gasteiger partial charge is 0.0659 e. The molecule has 1 aliphatic heterocycles. The van der Waals surface area contributed by atoms with Crippen molar-refractivity contribution in [3.63, 3.8) is 0 Å². The standard InChI is InChI=1S/C16H26N2O/c1-3-18(12-15-10-7-11-17-15)16(13-19-2)14-8-5-4-6-9-14/h4-6,8-9,15-17H,3,7,10-13H2,1-2H3. The first-order valence-corrected chi connectivity index (χ1v) is 7.36. The minimum Gasteiger partial charge on any atom is -0.383 e. The SMILES string of the molecule is CCN(CC1CCCN1)C(COC)c1ccccc1. The summed E-state index contributed by atoms with van der Waals surface area (Å²) in [6, 6.07) is 11.7. The summed E-state index contributed by atoms with van der Waals surface area (Å²) in [4.78, 5) is 2.53. The van der Waals surface area contributed by atoms with Gasteiger partial charge in [-0.2, -0.15) is 0 Å². The molecule has 2 rings (SSSR count). The molecule has 0 saturated carbocycles. The summed E-state index contributed by atoms with van der Waals surface area (Å²) in [5.74, 6) is 0. The highest BCUT2D eigenvalue weighted by Gasteiger charge is 2.23. The van der Waals surface area contributed by atoms with Crippen LogP contribution in [0.15, 0.2) is 30.3 Å². The van der Waals surface area contributed by atoms with Gasteiger partial charge in [0.2, 0.25) is 0 Å².